The minimum Gasteiger partial charge on any atom is -0.348 e. The molecule has 0 bridgehead atoms. The van der Waals surface area contributed by atoms with E-state index in [1.807, 2.05) is 31.2 Å². The summed E-state index contributed by atoms with van der Waals surface area (Å²) in [6, 6.07) is 15.2. The molecule has 2 heterocycles. The minimum atomic E-state index is -3.44. The van der Waals surface area contributed by atoms with Gasteiger partial charge in [0.05, 0.1) is 15.1 Å². The molecular formula is C20H23N3O2S2. The van der Waals surface area contributed by atoms with Crippen LogP contribution in [-0.4, -0.2) is 33.0 Å². The molecular weight excluding hydrogens is 378 g/mol. The van der Waals surface area contributed by atoms with Gasteiger partial charge in [-0.3, -0.25) is 0 Å². The maximum Gasteiger partial charge on any atom is 0.240 e. The van der Waals surface area contributed by atoms with Crippen molar-refractivity contribution in [3.05, 3.63) is 54.1 Å². The molecule has 0 unspecified atom stereocenters. The molecule has 3 aromatic rings. The highest BCUT2D eigenvalue weighted by Crippen LogP contribution is 2.31. The van der Waals surface area contributed by atoms with Crippen LogP contribution in [0.4, 0.5) is 5.13 Å². The first-order valence-electron chi connectivity index (χ1n) is 9.18. The number of sulfonamides is 1. The molecule has 5 nitrogen and oxygen atoms in total. The standard InChI is InChI=1S/C20H23N3O2S2/c1-15-5-4-6-17(13-15)27(24,25)21-14-16-9-11-23(12-10-16)20-22-18-7-2-3-8-19(18)26-20/h2-8,13,16,21H,9-12,14H2,1H3. The number of nitrogens with zero attached hydrogens (tertiary/aromatic N) is 2. The maximum absolute atomic E-state index is 12.5. The molecule has 0 spiro atoms. The van der Waals surface area contributed by atoms with Crippen molar-refractivity contribution in [3.63, 3.8) is 0 Å². The third-order valence-corrected chi connectivity index (χ3v) is 7.55. The Bertz CT molecular complexity index is 1010. The van der Waals surface area contributed by atoms with Crippen LogP contribution < -0.4 is 9.62 Å². The summed E-state index contributed by atoms with van der Waals surface area (Å²) in [4.78, 5) is 7.39. The van der Waals surface area contributed by atoms with E-state index in [0.29, 0.717) is 17.4 Å². The van der Waals surface area contributed by atoms with E-state index in [4.69, 9.17) is 4.98 Å². The minimum absolute atomic E-state index is 0.342. The van der Waals surface area contributed by atoms with Gasteiger partial charge in [-0.2, -0.15) is 0 Å². The summed E-state index contributed by atoms with van der Waals surface area (Å²) < 4.78 is 29.0. The number of aryl methyl sites for hydroxylation is 1. The number of piperidine rings is 1. The Hall–Kier alpha value is -1.96. The number of rotatable bonds is 5. The van der Waals surface area contributed by atoms with Crippen molar-refractivity contribution in [2.45, 2.75) is 24.7 Å². The number of hydrogen-bond donors (Lipinski definition) is 1. The van der Waals surface area contributed by atoms with Crippen LogP contribution in [0, 0.1) is 12.8 Å². The van der Waals surface area contributed by atoms with Gasteiger partial charge in [0.25, 0.3) is 0 Å². The van der Waals surface area contributed by atoms with Crippen molar-refractivity contribution in [1.82, 2.24) is 9.71 Å². The van der Waals surface area contributed by atoms with Gasteiger partial charge in [-0.25, -0.2) is 18.1 Å². The number of benzene rings is 2. The average Bonchev–Trinajstić information content (AvgIpc) is 3.11. The summed E-state index contributed by atoms with van der Waals surface area (Å²) >= 11 is 1.72. The van der Waals surface area contributed by atoms with Crippen molar-refractivity contribution in [2.75, 3.05) is 24.5 Å². The van der Waals surface area contributed by atoms with Crippen LogP contribution in [0.3, 0.4) is 0 Å². The molecule has 1 fully saturated rings. The Labute approximate surface area is 164 Å². The Morgan fingerprint density at radius 2 is 1.93 bits per heavy atom. The van der Waals surface area contributed by atoms with E-state index in [2.05, 4.69) is 15.7 Å². The van der Waals surface area contributed by atoms with Gasteiger partial charge in [0.15, 0.2) is 5.13 Å². The first-order chi connectivity index (χ1) is 13.0. The third kappa shape index (κ3) is 4.15. The van der Waals surface area contributed by atoms with Crippen molar-refractivity contribution in [1.29, 1.82) is 0 Å². The number of anilines is 1. The monoisotopic (exact) mass is 401 g/mol. The molecule has 27 heavy (non-hydrogen) atoms. The molecule has 142 valence electrons. The van der Waals surface area contributed by atoms with Crippen LogP contribution in [0.1, 0.15) is 18.4 Å². The largest absolute Gasteiger partial charge is 0.348 e. The summed E-state index contributed by atoms with van der Waals surface area (Å²) in [7, 11) is -3.44. The Morgan fingerprint density at radius 3 is 2.67 bits per heavy atom. The van der Waals surface area contributed by atoms with Gasteiger partial charge >= 0.3 is 0 Å². The second-order valence-electron chi connectivity index (χ2n) is 7.06. The summed E-state index contributed by atoms with van der Waals surface area (Å²) in [5.41, 5.74) is 1.99. The SMILES string of the molecule is Cc1cccc(S(=O)(=O)NCC2CCN(c3nc4ccccc4s3)CC2)c1. The first-order valence-corrected chi connectivity index (χ1v) is 11.5. The molecule has 0 aliphatic carbocycles. The third-order valence-electron chi connectivity index (χ3n) is 5.03. The van der Waals surface area contributed by atoms with Gasteiger partial charge in [-0.15, -0.1) is 0 Å². The van der Waals surface area contributed by atoms with Crippen molar-refractivity contribution < 1.29 is 8.42 Å². The molecule has 7 heteroatoms. The second-order valence-corrected chi connectivity index (χ2v) is 9.84. The molecule has 1 saturated heterocycles. The van der Waals surface area contributed by atoms with Crippen molar-refractivity contribution >= 4 is 36.7 Å². The smallest absolute Gasteiger partial charge is 0.240 e. The van der Waals surface area contributed by atoms with Gasteiger partial charge in [0.2, 0.25) is 10.0 Å². The predicted octanol–water partition coefficient (Wildman–Crippen LogP) is 3.80. The number of nitrogens with one attached hydrogen (secondary N) is 1. The average molecular weight is 402 g/mol. The van der Waals surface area contributed by atoms with Gasteiger partial charge in [0.1, 0.15) is 0 Å². The molecule has 0 saturated carbocycles. The second kappa shape index (κ2) is 7.58. The molecule has 1 aliphatic heterocycles. The zero-order chi connectivity index (χ0) is 18.9. The molecule has 2 aromatic carbocycles. The topological polar surface area (TPSA) is 62.3 Å². The zero-order valence-electron chi connectivity index (χ0n) is 15.3. The Kier molecular flexibility index (Phi) is 5.16. The quantitative estimate of drug-likeness (QED) is 0.706. The maximum atomic E-state index is 12.5. The van der Waals surface area contributed by atoms with Gasteiger partial charge < -0.3 is 4.90 Å². The van der Waals surface area contributed by atoms with Gasteiger partial charge in [-0.05, 0) is 55.5 Å². The normalized spacial score (nSPS) is 16.1. The van der Waals surface area contributed by atoms with Crippen LogP contribution in [0.5, 0.6) is 0 Å². The van der Waals surface area contributed by atoms with E-state index in [0.717, 1.165) is 42.1 Å². The van der Waals surface area contributed by atoms with Crippen LogP contribution in [-0.2, 0) is 10.0 Å². The lowest BCUT2D eigenvalue weighted by molar-refractivity contribution is 0.402. The lowest BCUT2D eigenvalue weighted by Crippen LogP contribution is -2.38. The fraction of sp³-hybridized carbons (Fsp3) is 0.350. The predicted molar refractivity (Wildman–Crippen MR) is 111 cm³/mol. The number of aromatic nitrogens is 1. The van der Waals surface area contributed by atoms with Crippen LogP contribution in [0.25, 0.3) is 10.2 Å². The number of thiazole rings is 1. The number of fused-ring (bicyclic) bond motifs is 1. The zero-order valence-corrected chi connectivity index (χ0v) is 16.9. The number of hydrogen-bond acceptors (Lipinski definition) is 5. The Morgan fingerprint density at radius 1 is 1.15 bits per heavy atom. The summed E-state index contributed by atoms with van der Waals surface area (Å²) in [6.45, 7) is 4.22. The number of para-hydroxylation sites is 1. The summed E-state index contributed by atoms with van der Waals surface area (Å²) in [5.74, 6) is 0.357. The molecule has 4 rings (SSSR count). The highest BCUT2D eigenvalue weighted by molar-refractivity contribution is 7.89. The van der Waals surface area contributed by atoms with E-state index >= 15 is 0 Å². The van der Waals surface area contributed by atoms with Gasteiger partial charge in [-0.1, -0.05) is 35.6 Å². The van der Waals surface area contributed by atoms with E-state index in [1.165, 1.54) is 4.70 Å². The van der Waals surface area contributed by atoms with Crippen molar-refractivity contribution in [2.24, 2.45) is 5.92 Å². The van der Waals surface area contributed by atoms with Crippen molar-refractivity contribution in [3.8, 4) is 0 Å². The molecule has 0 radical (unpaired) electrons. The molecule has 1 aromatic heterocycles. The fourth-order valence-electron chi connectivity index (χ4n) is 3.42. The molecule has 0 atom stereocenters. The molecule has 1 aliphatic rings. The summed E-state index contributed by atoms with van der Waals surface area (Å²) in [5, 5.41) is 1.06. The van der Waals surface area contributed by atoms with E-state index in [1.54, 1.807) is 29.5 Å². The van der Waals surface area contributed by atoms with Crippen LogP contribution in [0.2, 0.25) is 0 Å². The molecule has 0 amide bonds. The Balaban J connectivity index is 1.34. The lowest BCUT2D eigenvalue weighted by Gasteiger charge is -2.31. The lowest BCUT2D eigenvalue weighted by atomic mass is 9.97. The van der Waals surface area contributed by atoms with E-state index in [-0.39, 0.29) is 0 Å². The van der Waals surface area contributed by atoms with E-state index in [9.17, 15) is 8.42 Å². The summed E-state index contributed by atoms with van der Waals surface area (Å²) in [6.07, 6.45) is 1.93. The molecule has 1 N–H and O–H groups in total. The fourth-order valence-corrected chi connectivity index (χ4v) is 5.65. The highest BCUT2D eigenvalue weighted by atomic mass is 32.2. The van der Waals surface area contributed by atoms with Gasteiger partial charge in [0, 0.05) is 19.6 Å². The van der Waals surface area contributed by atoms with Crippen LogP contribution in [0.15, 0.2) is 53.4 Å². The first kappa shape index (κ1) is 18.4. The highest BCUT2D eigenvalue weighted by Gasteiger charge is 2.23. The van der Waals surface area contributed by atoms with E-state index < -0.39 is 10.0 Å². The van der Waals surface area contributed by atoms with Crippen LogP contribution >= 0.6 is 11.3 Å².